The number of nitro groups is 1. The van der Waals surface area contributed by atoms with Crippen LogP contribution in [0.5, 0.6) is 0 Å². The SMILES string of the molecule is CCCC(=O)OCCCNC(=O)OCc1ccccc1[N+](=O)[O-]. The highest BCUT2D eigenvalue weighted by molar-refractivity contribution is 5.69. The van der Waals surface area contributed by atoms with Crippen LogP contribution in [0.2, 0.25) is 0 Å². The summed E-state index contributed by atoms with van der Waals surface area (Å²) in [7, 11) is 0. The number of hydrogen-bond acceptors (Lipinski definition) is 6. The standard InChI is InChI=1S/C15H20N2O6/c1-2-6-14(18)22-10-5-9-16-15(19)23-11-12-7-3-4-8-13(12)17(20)21/h3-4,7-8H,2,5-6,9-11H2,1H3,(H,16,19). The molecule has 0 atom stereocenters. The summed E-state index contributed by atoms with van der Waals surface area (Å²) in [6.07, 6.45) is 0.902. The van der Waals surface area contributed by atoms with Gasteiger partial charge in [-0.3, -0.25) is 14.9 Å². The molecule has 0 heterocycles. The lowest BCUT2D eigenvalue weighted by Gasteiger charge is -2.08. The van der Waals surface area contributed by atoms with Gasteiger partial charge in [-0.15, -0.1) is 0 Å². The number of carbonyl (C=O) groups is 2. The molecule has 0 bridgehead atoms. The Morgan fingerprint density at radius 2 is 2.00 bits per heavy atom. The van der Waals surface area contributed by atoms with Crippen LogP contribution in [0.3, 0.4) is 0 Å². The molecule has 23 heavy (non-hydrogen) atoms. The van der Waals surface area contributed by atoms with Gasteiger partial charge in [-0.1, -0.05) is 19.1 Å². The molecule has 1 aromatic rings. The number of hydrogen-bond donors (Lipinski definition) is 1. The maximum absolute atomic E-state index is 11.5. The monoisotopic (exact) mass is 324 g/mol. The maximum atomic E-state index is 11.5. The number of benzene rings is 1. The first-order valence-electron chi connectivity index (χ1n) is 7.33. The second-order valence-electron chi connectivity index (χ2n) is 4.71. The molecule has 0 aliphatic heterocycles. The van der Waals surface area contributed by atoms with Gasteiger partial charge < -0.3 is 14.8 Å². The average molecular weight is 324 g/mol. The summed E-state index contributed by atoms with van der Waals surface area (Å²) in [6.45, 7) is 2.21. The lowest BCUT2D eigenvalue weighted by Crippen LogP contribution is -2.26. The van der Waals surface area contributed by atoms with Crippen LogP contribution in [0.1, 0.15) is 31.7 Å². The third kappa shape index (κ3) is 7.25. The van der Waals surface area contributed by atoms with Crippen LogP contribution < -0.4 is 5.32 Å². The zero-order valence-corrected chi connectivity index (χ0v) is 12.9. The molecule has 0 unspecified atom stereocenters. The van der Waals surface area contributed by atoms with Crippen LogP contribution in [0.4, 0.5) is 10.5 Å². The number of nitrogens with one attached hydrogen (secondary N) is 1. The van der Waals surface area contributed by atoms with E-state index >= 15 is 0 Å². The first kappa shape index (κ1) is 18.4. The van der Waals surface area contributed by atoms with E-state index in [1.807, 2.05) is 6.92 Å². The molecule has 0 radical (unpaired) electrons. The topological polar surface area (TPSA) is 108 Å². The van der Waals surface area contributed by atoms with Crippen LogP contribution >= 0.6 is 0 Å². The zero-order valence-electron chi connectivity index (χ0n) is 12.9. The van der Waals surface area contributed by atoms with E-state index in [1.54, 1.807) is 12.1 Å². The average Bonchev–Trinajstić information content (AvgIpc) is 2.53. The summed E-state index contributed by atoms with van der Waals surface area (Å²) < 4.78 is 9.85. The molecule has 0 saturated heterocycles. The maximum Gasteiger partial charge on any atom is 0.407 e. The minimum atomic E-state index is -0.678. The molecule has 8 heteroatoms. The number of ether oxygens (including phenoxy) is 2. The molecule has 0 aliphatic rings. The molecule has 0 saturated carbocycles. The lowest BCUT2D eigenvalue weighted by molar-refractivity contribution is -0.385. The predicted molar refractivity (Wildman–Crippen MR) is 81.8 cm³/mol. The van der Waals surface area contributed by atoms with Crippen molar-refractivity contribution in [2.45, 2.75) is 32.8 Å². The minimum Gasteiger partial charge on any atom is -0.466 e. The summed E-state index contributed by atoms with van der Waals surface area (Å²) in [6, 6.07) is 6.05. The molecule has 1 rings (SSSR count). The van der Waals surface area contributed by atoms with Gasteiger partial charge in [0.1, 0.15) is 6.61 Å². The lowest BCUT2D eigenvalue weighted by atomic mass is 10.2. The number of nitro benzene ring substituents is 1. The van der Waals surface area contributed by atoms with Gasteiger partial charge in [0, 0.05) is 19.0 Å². The second kappa shape index (κ2) is 10.1. The highest BCUT2D eigenvalue weighted by Crippen LogP contribution is 2.18. The van der Waals surface area contributed by atoms with Crippen molar-refractivity contribution in [2.75, 3.05) is 13.2 Å². The highest BCUT2D eigenvalue weighted by atomic mass is 16.6. The second-order valence-corrected chi connectivity index (χ2v) is 4.71. The summed E-state index contributed by atoms with van der Waals surface area (Å²) in [5.41, 5.74) is 0.226. The van der Waals surface area contributed by atoms with Crippen molar-refractivity contribution in [3.63, 3.8) is 0 Å². The number of amides is 1. The van der Waals surface area contributed by atoms with Gasteiger partial charge in [0.2, 0.25) is 0 Å². The Kier molecular flexibility index (Phi) is 8.12. The Balaban J connectivity index is 2.23. The Hall–Kier alpha value is -2.64. The largest absolute Gasteiger partial charge is 0.466 e. The molecule has 1 aromatic carbocycles. The van der Waals surface area contributed by atoms with E-state index < -0.39 is 11.0 Å². The van der Waals surface area contributed by atoms with Crippen molar-refractivity contribution in [3.8, 4) is 0 Å². The third-order valence-corrected chi connectivity index (χ3v) is 2.85. The van der Waals surface area contributed by atoms with Crippen LogP contribution in [-0.2, 0) is 20.9 Å². The molecule has 0 spiro atoms. The molecule has 0 fully saturated rings. The van der Waals surface area contributed by atoms with E-state index in [-0.39, 0.29) is 31.4 Å². The van der Waals surface area contributed by atoms with Gasteiger partial charge in [0.25, 0.3) is 5.69 Å². The summed E-state index contributed by atoms with van der Waals surface area (Å²) >= 11 is 0. The van der Waals surface area contributed by atoms with Gasteiger partial charge in [-0.2, -0.15) is 0 Å². The van der Waals surface area contributed by atoms with Gasteiger partial charge in [-0.05, 0) is 18.9 Å². The minimum absolute atomic E-state index is 0.0943. The van der Waals surface area contributed by atoms with Gasteiger partial charge in [0.05, 0.1) is 17.1 Å². The van der Waals surface area contributed by atoms with Crippen molar-refractivity contribution >= 4 is 17.7 Å². The Labute approximate surface area is 133 Å². The fourth-order valence-electron chi connectivity index (χ4n) is 1.73. The number of para-hydroxylation sites is 1. The van der Waals surface area contributed by atoms with Crippen LogP contribution in [-0.4, -0.2) is 30.1 Å². The van der Waals surface area contributed by atoms with Crippen molar-refractivity contribution in [1.29, 1.82) is 0 Å². The molecule has 1 N–H and O–H groups in total. The number of rotatable bonds is 9. The zero-order chi connectivity index (χ0) is 17.1. The number of nitrogens with zero attached hydrogens (tertiary/aromatic N) is 1. The van der Waals surface area contributed by atoms with Crippen LogP contribution in [0.15, 0.2) is 24.3 Å². The van der Waals surface area contributed by atoms with Gasteiger partial charge >= 0.3 is 12.1 Å². The first-order valence-corrected chi connectivity index (χ1v) is 7.33. The fraction of sp³-hybridized carbons (Fsp3) is 0.467. The third-order valence-electron chi connectivity index (χ3n) is 2.85. The van der Waals surface area contributed by atoms with E-state index in [2.05, 4.69) is 5.32 Å². The first-order chi connectivity index (χ1) is 11.0. The van der Waals surface area contributed by atoms with Crippen molar-refractivity contribution in [2.24, 2.45) is 0 Å². The van der Waals surface area contributed by atoms with Crippen LogP contribution in [0, 0.1) is 10.1 Å². The normalized spacial score (nSPS) is 9.96. The fourth-order valence-corrected chi connectivity index (χ4v) is 1.73. The van der Waals surface area contributed by atoms with Crippen molar-refractivity contribution in [1.82, 2.24) is 5.32 Å². The van der Waals surface area contributed by atoms with Crippen molar-refractivity contribution < 1.29 is 24.0 Å². The van der Waals surface area contributed by atoms with E-state index in [9.17, 15) is 19.7 Å². The molecule has 1 amide bonds. The quantitative estimate of drug-likeness (QED) is 0.324. The van der Waals surface area contributed by atoms with E-state index in [1.165, 1.54) is 12.1 Å². The van der Waals surface area contributed by atoms with Crippen LogP contribution in [0.25, 0.3) is 0 Å². The van der Waals surface area contributed by atoms with Crippen molar-refractivity contribution in [3.05, 3.63) is 39.9 Å². The van der Waals surface area contributed by atoms with Gasteiger partial charge in [-0.25, -0.2) is 4.79 Å². The molecular formula is C15H20N2O6. The molecular weight excluding hydrogens is 304 g/mol. The smallest absolute Gasteiger partial charge is 0.407 e. The van der Waals surface area contributed by atoms with E-state index in [4.69, 9.17) is 9.47 Å². The molecule has 8 nitrogen and oxygen atoms in total. The highest BCUT2D eigenvalue weighted by Gasteiger charge is 2.13. The van der Waals surface area contributed by atoms with E-state index in [0.717, 1.165) is 6.42 Å². The number of alkyl carbamates (subject to hydrolysis) is 1. The number of esters is 1. The molecule has 0 aromatic heterocycles. The van der Waals surface area contributed by atoms with Gasteiger partial charge in [0.15, 0.2) is 0 Å². The Bertz CT molecular complexity index is 547. The Morgan fingerprint density at radius 3 is 2.70 bits per heavy atom. The number of carbonyl (C=O) groups excluding carboxylic acids is 2. The molecule has 0 aliphatic carbocycles. The summed E-state index contributed by atoms with van der Waals surface area (Å²) in [4.78, 5) is 32.9. The van der Waals surface area contributed by atoms with E-state index in [0.29, 0.717) is 18.4 Å². The predicted octanol–water partition coefficient (Wildman–Crippen LogP) is 2.55. The summed E-state index contributed by atoms with van der Waals surface area (Å²) in [5.74, 6) is -0.258. The summed E-state index contributed by atoms with van der Waals surface area (Å²) in [5, 5.41) is 13.3. The Morgan fingerprint density at radius 1 is 1.26 bits per heavy atom. The molecule has 126 valence electrons.